The molecule has 148 valence electrons. The summed E-state index contributed by atoms with van der Waals surface area (Å²) in [5.41, 5.74) is 0.116. The second-order valence-electron chi connectivity index (χ2n) is 6.60. The zero-order chi connectivity index (χ0) is 20.1. The maximum Gasteiger partial charge on any atom is 0.573 e. The topological polar surface area (TPSA) is 81.6 Å². The van der Waals surface area contributed by atoms with Gasteiger partial charge in [-0.15, -0.1) is 17.9 Å². The Morgan fingerprint density at radius 2 is 2.00 bits per heavy atom. The molecular weight excluding hydrogens is 395 g/mol. The summed E-state index contributed by atoms with van der Waals surface area (Å²) in [4.78, 5) is 11.0. The van der Waals surface area contributed by atoms with Crippen LogP contribution in [0.5, 0.6) is 5.75 Å². The van der Waals surface area contributed by atoms with Crippen LogP contribution in [0.3, 0.4) is 0 Å². The lowest BCUT2D eigenvalue weighted by Gasteiger charge is -2.27. The van der Waals surface area contributed by atoms with Crippen LogP contribution in [0.15, 0.2) is 18.2 Å². The predicted molar refractivity (Wildman–Crippen MR) is 93.5 cm³/mol. The molecule has 0 saturated heterocycles. The molecule has 5 nitrogen and oxygen atoms in total. The Labute approximate surface area is 158 Å². The number of ether oxygens (including phenoxy) is 1. The van der Waals surface area contributed by atoms with E-state index in [1.165, 1.54) is 12.1 Å². The highest BCUT2D eigenvalue weighted by Gasteiger charge is 2.33. The first-order chi connectivity index (χ1) is 11.8. The highest BCUT2D eigenvalue weighted by Crippen LogP contribution is 2.32. The Morgan fingerprint density at radius 1 is 1.38 bits per heavy atom. The first-order valence-electron chi connectivity index (χ1n) is 7.72. The number of aliphatic carboxylic acids is 1. The Bertz CT molecular complexity index is 622. The van der Waals surface area contributed by atoms with Crippen LogP contribution in [0.4, 0.5) is 13.2 Å². The summed E-state index contributed by atoms with van der Waals surface area (Å²) >= 11 is 4.46. The number of carboxylic acids is 1. The van der Waals surface area contributed by atoms with Gasteiger partial charge in [-0.2, -0.15) is 0 Å². The fourth-order valence-electron chi connectivity index (χ4n) is 2.06. The van der Waals surface area contributed by atoms with E-state index in [2.05, 4.69) is 9.46 Å². The van der Waals surface area contributed by atoms with Crippen LogP contribution in [0, 0.1) is 0 Å². The molecule has 0 aromatic heterocycles. The molecule has 0 aliphatic rings. The molecule has 1 aromatic carbocycles. The largest absolute Gasteiger partial charge is 0.598 e. The van der Waals surface area contributed by atoms with Crippen molar-refractivity contribution in [3.63, 3.8) is 0 Å². The quantitative estimate of drug-likeness (QED) is 0.625. The number of carboxylic acid groups (broad SMARTS) is 1. The van der Waals surface area contributed by atoms with Gasteiger partial charge in [0.25, 0.3) is 0 Å². The van der Waals surface area contributed by atoms with E-state index in [4.69, 9.17) is 16.7 Å². The average molecular weight is 416 g/mol. The fourth-order valence-corrected chi connectivity index (χ4v) is 3.18. The second kappa shape index (κ2) is 9.16. The van der Waals surface area contributed by atoms with Crippen LogP contribution in [-0.2, 0) is 22.6 Å². The van der Waals surface area contributed by atoms with Crippen LogP contribution in [0.2, 0.25) is 5.02 Å². The Balaban J connectivity index is 2.93. The zero-order valence-corrected chi connectivity index (χ0v) is 16.1. The molecule has 2 N–H and O–H groups in total. The smallest absolute Gasteiger partial charge is 0.573 e. The number of rotatable bonds is 8. The van der Waals surface area contributed by atoms with Crippen molar-refractivity contribution in [1.82, 2.24) is 4.72 Å². The maximum absolute atomic E-state index is 12.5. The van der Waals surface area contributed by atoms with Gasteiger partial charge in [0.15, 0.2) is 0 Å². The van der Waals surface area contributed by atoms with Gasteiger partial charge < -0.3 is 14.4 Å². The highest BCUT2D eigenvalue weighted by atomic mass is 35.5. The second-order valence-corrected chi connectivity index (χ2v) is 9.00. The lowest BCUT2D eigenvalue weighted by atomic mass is 10.0. The van der Waals surface area contributed by atoms with E-state index in [-0.39, 0.29) is 29.8 Å². The lowest BCUT2D eigenvalue weighted by Crippen LogP contribution is -2.45. The number of alkyl halides is 3. The van der Waals surface area contributed by atoms with Crippen molar-refractivity contribution < 1.29 is 32.4 Å². The Morgan fingerprint density at radius 3 is 2.50 bits per heavy atom. The molecule has 26 heavy (non-hydrogen) atoms. The van der Waals surface area contributed by atoms with E-state index >= 15 is 0 Å². The zero-order valence-electron chi connectivity index (χ0n) is 14.5. The molecule has 1 unspecified atom stereocenters. The van der Waals surface area contributed by atoms with Gasteiger partial charge in [-0.05, 0) is 45.7 Å². The molecule has 0 amide bonds. The lowest BCUT2D eigenvalue weighted by molar-refractivity contribution is -0.274. The third-order valence-corrected chi connectivity index (χ3v) is 5.31. The van der Waals surface area contributed by atoms with E-state index in [1.54, 1.807) is 20.8 Å². The van der Waals surface area contributed by atoms with Crippen molar-refractivity contribution in [1.29, 1.82) is 0 Å². The highest BCUT2D eigenvalue weighted by molar-refractivity contribution is 7.90. The molecule has 0 radical (unpaired) electrons. The van der Waals surface area contributed by atoms with E-state index < -0.39 is 40.2 Å². The third-order valence-electron chi connectivity index (χ3n) is 3.30. The van der Waals surface area contributed by atoms with Crippen LogP contribution in [0.1, 0.15) is 39.2 Å². The van der Waals surface area contributed by atoms with Gasteiger partial charge in [-0.25, -0.2) is 0 Å². The summed E-state index contributed by atoms with van der Waals surface area (Å²) < 4.78 is 55.9. The number of halogens is 4. The molecule has 0 heterocycles. The van der Waals surface area contributed by atoms with Gasteiger partial charge in [0.1, 0.15) is 10.5 Å². The summed E-state index contributed by atoms with van der Waals surface area (Å²) in [5.74, 6) is -1.55. The first kappa shape index (κ1) is 22.9. The monoisotopic (exact) mass is 415 g/mol. The predicted octanol–water partition coefficient (Wildman–Crippen LogP) is 4.07. The molecule has 10 heteroatoms. The van der Waals surface area contributed by atoms with Gasteiger partial charge in [0.05, 0.1) is 12.5 Å². The van der Waals surface area contributed by atoms with Crippen LogP contribution in [-0.4, -0.2) is 32.8 Å². The summed E-state index contributed by atoms with van der Waals surface area (Å²) in [6.07, 6.45) is -5.06. The normalized spacial score (nSPS) is 14.8. The molecule has 0 saturated carbocycles. The molecule has 1 aromatic rings. The molecule has 2 atom stereocenters. The summed E-state index contributed by atoms with van der Waals surface area (Å²) in [5, 5.41) is 9.10. The van der Waals surface area contributed by atoms with E-state index in [0.717, 1.165) is 6.07 Å². The number of hydrogen-bond acceptors (Lipinski definition) is 4. The summed E-state index contributed by atoms with van der Waals surface area (Å²) in [7, 11) is 0. The minimum atomic E-state index is -4.87. The van der Waals surface area contributed by atoms with Crippen LogP contribution >= 0.6 is 11.6 Å². The Kier molecular flexibility index (Phi) is 8.06. The van der Waals surface area contributed by atoms with Crippen molar-refractivity contribution >= 4 is 28.9 Å². The van der Waals surface area contributed by atoms with E-state index in [0.29, 0.717) is 0 Å². The maximum atomic E-state index is 12.5. The summed E-state index contributed by atoms with van der Waals surface area (Å²) in [6, 6.07) is 3.19. The number of nitrogens with one attached hydrogen (secondary N) is 1. The van der Waals surface area contributed by atoms with Gasteiger partial charge >= 0.3 is 12.3 Å². The van der Waals surface area contributed by atoms with Crippen molar-refractivity contribution in [2.24, 2.45) is 0 Å². The number of benzene rings is 1. The molecule has 0 aliphatic carbocycles. The van der Waals surface area contributed by atoms with Crippen molar-refractivity contribution in [2.45, 2.75) is 57.2 Å². The van der Waals surface area contributed by atoms with E-state index in [1.807, 2.05) is 0 Å². The summed E-state index contributed by atoms with van der Waals surface area (Å²) in [6.45, 7) is 5.16. The molecule has 0 aliphatic heterocycles. The van der Waals surface area contributed by atoms with Gasteiger partial charge in [-0.3, -0.25) is 4.79 Å². The number of hydrogen-bond donors (Lipinski definition) is 2. The van der Waals surface area contributed by atoms with Crippen LogP contribution < -0.4 is 9.46 Å². The molecule has 1 rings (SSSR count). The van der Waals surface area contributed by atoms with Gasteiger partial charge in [-0.1, -0.05) is 17.7 Å². The van der Waals surface area contributed by atoms with Crippen LogP contribution in [0.25, 0.3) is 0 Å². The molecular formula is C16H21ClF3NO4S. The van der Waals surface area contributed by atoms with Gasteiger partial charge in [0.2, 0.25) is 0 Å². The van der Waals surface area contributed by atoms with Gasteiger partial charge in [0, 0.05) is 21.9 Å². The standard InChI is InChI=1S/C16H21ClF3NO4S/c1-15(2,3)26(24)21-10(9-14(22)23)7-8-11-12(17)5-4-6-13(11)25-16(18,19)20/h4-6,10,21H,7-9H2,1-3H3,(H,22,23)/t10-,26?/m1/s1. The van der Waals surface area contributed by atoms with Crippen molar-refractivity contribution in [3.05, 3.63) is 28.8 Å². The third kappa shape index (κ3) is 8.03. The average Bonchev–Trinajstić information content (AvgIpc) is 2.43. The SMILES string of the molecule is CC(C)(C)[S+]([O-])N[C@H](CCc1c(Cl)cccc1OC(F)(F)F)CC(=O)O. The molecule has 0 bridgehead atoms. The minimum absolute atomic E-state index is 0.0252. The minimum Gasteiger partial charge on any atom is -0.598 e. The first-order valence-corrected chi connectivity index (χ1v) is 9.25. The van der Waals surface area contributed by atoms with Crippen molar-refractivity contribution in [2.75, 3.05) is 0 Å². The Hall–Kier alpha value is -1.16. The van der Waals surface area contributed by atoms with E-state index in [9.17, 15) is 22.5 Å². The molecule has 0 fully saturated rings. The fraction of sp³-hybridized carbons (Fsp3) is 0.562. The van der Waals surface area contributed by atoms with Crippen molar-refractivity contribution in [3.8, 4) is 5.75 Å². The number of carbonyl (C=O) groups is 1. The molecule has 0 spiro atoms.